The maximum Gasteiger partial charge on any atom is 0.273 e. The topological polar surface area (TPSA) is 88.3 Å². The van der Waals surface area contributed by atoms with E-state index in [0.29, 0.717) is 17.2 Å². The van der Waals surface area contributed by atoms with Gasteiger partial charge < -0.3 is 16.0 Å². The van der Waals surface area contributed by atoms with Gasteiger partial charge in [0.1, 0.15) is 10.7 Å². The fourth-order valence-corrected chi connectivity index (χ4v) is 3.07. The zero-order chi connectivity index (χ0) is 17.0. The molecule has 3 N–H and O–H groups in total. The fraction of sp³-hybridized carbons (Fsp3) is 0.267. The molecule has 0 bridgehead atoms. The molecule has 0 unspecified atom stereocenters. The Hall–Kier alpha value is -1.48. The van der Waals surface area contributed by atoms with Gasteiger partial charge in [0.2, 0.25) is 5.91 Å². The highest BCUT2D eigenvalue weighted by molar-refractivity contribution is 9.10. The standard InChI is InChI=1S/C15H17BrN4O2S.ClH/c1-9-5-10(16)3-4-11(9)18-13(21)7-20(2)15(22)12-8-23-14(6-17)19-12;/h3-5,8H,6-7,17H2,1-2H3,(H,18,21);1H. The number of aromatic nitrogens is 1. The molecule has 0 fully saturated rings. The number of halogens is 2. The van der Waals surface area contributed by atoms with Gasteiger partial charge in [-0.3, -0.25) is 9.59 Å². The van der Waals surface area contributed by atoms with Crippen LogP contribution in [0.5, 0.6) is 0 Å². The summed E-state index contributed by atoms with van der Waals surface area (Å²) >= 11 is 4.71. The zero-order valence-corrected chi connectivity index (χ0v) is 16.4. The van der Waals surface area contributed by atoms with Gasteiger partial charge in [0.05, 0.1) is 6.54 Å². The van der Waals surface area contributed by atoms with Crippen molar-refractivity contribution in [1.29, 1.82) is 0 Å². The average molecular weight is 434 g/mol. The Balaban J connectivity index is 0.00000288. The number of amides is 2. The molecule has 0 aliphatic rings. The molecule has 2 aromatic rings. The monoisotopic (exact) mass is 432 g/mol. The van der Waals surface area contributed by atoms with Crippen LogP contribution in [0.15, 0.2) is 28.1 Å². The maximum absolute atomic E-state index is 12.2. The fourth-order valence-electron chi connectivity index (χ4n) is 1.94. The van der Waals surface area contributed by atoms with Crippen LogP contribution in [-0.4, -0.2) is 35.3 Å². The number of anilines is 1. The first-order valence-electron chi connectivity index (χ1n) is 6.86. The Kier molecular flexibility index (Phi) is 7.82. The summed E-state index contributed by atoms with van der Waals surface area (Å²) < 4.78 is 0.944. The number of nitrogens with zero attached hydrogens (tertiary/aromatic N) is 2. The molecule has 0 radical (unpaired) electrons. The van der Waals surface area contributed by atoms with Crippen molar-refractivity contribution in [2.24, 2.45) is 5.73 Å². The van der Waals surface area contributed by atoms with Crippen LogP contribution in [0.2, 0.25) is 0 Å². The van der Waals surface area contributed by atoms with Crippen LogP contribution in [-0.2, 0) is 11.3 Å². The second-order valence-electron chi connectivity index (χ2n) is 5.00. The molecule has 130 valence electrons. The molecule has 0 spiro atoms. The highest BCUT2D eigenvalue weighted by atomic mass is 79.9. The predicted molar refractivity (Wildman–Crippen MR) is 102 cm³/mol. The third-order valence-electron chi connectivity index (χ3n) is 3.14. The minimum Gasteiger partial charge on any atom is -0.331 e. The van der Waals surface area contributed by atoms with Gasteiger partial charge in [-0.05, 0) is 30.7 Å². The average Bonchev–Trinajstić information content (AvgIpc) is 2.98. The van der Waals surface area contributed by atoms with Crippen molar-refractivity contribution in [3.63, 3.8) is 0 Å². The number of hydrogen-bond donors (Lipinski definition) is 2. The summed E-state index contributed by atoms with van der Waals surface area (Å²) in [7, 11) is 1.57. The Bertz CT molecular complexity index is 738. The molecule has 1 aromatic heterocycles. The van der Waals surface area contributed by atoms with E-state index in [0.717, 1.165) is 15.7 Å². The van der Waals surface area contributed by atoms with E-state index in [1.165, 1.54) is 16.2 Å². The molecular weight excluding hydrogens is 416 g/mol. The summed E-state index contributed by atoms with van der Waals surface area (Å²) in [5, 5.41) is 5.14. The number of carbonyl (C=O) groups excluding carboxylic acids is 2. The van der Waals surface area contributed by atoms with E-state index in [1.807, 2.05) is 25.1 Å². The van der Waals surface area contributed by atoms with Gasteiger partial charge in [0, 0.05) is 29.1 Å². The SMILES string of the molecule is Cc1cc(Br)ccc1NC(=O)CN(C)C(=O)c1csc(CN)n1.Cl. The molecule has 24 heavy (non-hydrogen) atoms. The first kappa shape index (κ1) is 20.6. The largest absolute Gasteiger partial charge is 0.331 e. The first-order chi connectivity index (χ1) is 10.9. The van der Waals surface area contributed by atoms with Crippen LogP contribution in [0.1, 0.15) is 21.1 Å². The molecule has 0 atom stereocenters. The Morgan fingerprint density at radius 2 is 2.12 bits per heavy atom. The van der Waals surface area contributed by atoms with E-state index < -0.39 is 0 Å². The van der Waals surface area contributed by atoms with Crippen LogP contribution < -0.4 is 11.1 Å². The van der Waals surface area contributed by atoms with E-state index in [-0.39, 0.29) is 30.8 Å². The molecule has 0 aliphatic carbocycles. The third-order valence-corrected chi connectivity index (χ3v) is 4.50. The molecule has 2 amide bonds. The van der Waals surface area contributed by atoms with Crippen LogP contribution in [0.4, 0.5) is 5.69 Å². The van der Waals surface area contributed by atoms with Crippen LogP contribution in [0.3, 0.4) is 0 Å². The normalized spacial score (nSPS) is 10.0. The Morgan fingerprint density at radius 1 is 1.42 bits per heavy atom. The molecule has 0 saturated heterocycles. The molecule has 1 heterocycles. The smallest absolute Gasteiger partial charge is 0.273 e. The van der Waals surface area contributed by atoms with Crippen molar-refractivity contribution >= 4 is 57.2 Å². The first-order valence-corrected chi connectivity index (χ1v) is 8.54. The number of nitrogens with one attached hydrogen (secondary N) is 1. The van der Waals surface area contributed by atoms with E-state index in [4.69, 9.17) is 5.73 Å². The minimum atomic E-state index is -0.302. The highest BCUT2D eigenvalue weighted by Gasteiger charge is 2.18. The lowest BCUT2D eigenvalue weighted by Crippen LogP contribution is -2.35. The van der Waals surface area contributed by atoms with Crippen molar-refractivity contribution in [3.8, 4) is 0 Å². The summed E-state index contributed by atoms with van der Waals surface area (Å²) in [5.41, 5.74) is 7.46. The van der Waals surface area contributed by atoms with Crippen molar-refractivity contribution in [1.82, 2.24) is 9.88 Å². The second kappa shape index (κ2) is 9.12. The lowest BCUT2D eigenvalue weighted by Gasteiger charge is -2.16. The van der Waals surface area contributed by atoms with Gasteiger partial charge in [0.25, 0.3) is 5.91 Å². The third kappa shape index (κ3) is 5.27. The maximum atomic E-state index is 12.2. The van der Waals surface area contributed by atoms with Gasteiger partial charge in [-0.1, -0.05) is 15.9 Å². The van der Waals surface area contributed by atoms with Crippen molar-refractivity contribution in [2.45, 2.75) is 13.5 Å². The summed E-state index contributed by atoms with van der Waals surface area (Å²) in [6.07, 6.45) is 0. The zero-order valence-electron chi connectivity index (χ0n) is 13.2. The van der Waals surface area contributed by atoms with Crippen LogP contribution in [0, 0.1) is 6.92 Å². The Labute approximate surface area is 159 Å². The van der Waals surface area contributed by atoms with Crippen molar-refractivity contribution in [2.75, 3.05) is 18.9 Å². The van der Waals surface area contributed by atoms with E-state index >= 15 is 0 Å². The number of hydrogen-bond acceptors (Lipinski definition) is 5. The number of benzene rings is 1. The lowest BCUT2D eigenvalue weighted by molar-refractivity contribution is -0.116. The van der Waals surface area contributed by atoms with E-state index in [9.17, 15) is 9.59 Å². The number of likely N-dealkylation sites (N-methyl/N-ethyl adjacent to an activating group) is 1. The number of thiazole rings is 1. The van der Waals surface area contributed by atoms with Crippen LogP contribution in [0.25, 0.3) is 0 Å². The lowest BCUT2D eigenvalue weighted by atomic mass is 10.2. The van der Waals surface area contributed by atoms with Gasteiger partial charge in [-0.15, -0.1) is 23.7 Å². The number of aryl methyl sites for hydroxylation is 1. The molecule has 0 aliphatic heterocycles. The second-order valence-corrected chi connectivity index (χ2v) is 6.86. The molecule has 1 aromatic carbocycles. The molecule has 6 nitrogen and oxygen atoms in total. The number of rotatable bonds is 5. The van der Waals surface area contributed by atoms with Crippen molar-refractivity contribution in [3.05, 3.63) is 44.3 Å². The molecule has 9 heteroatoms. The number of nitrogens with two attached hydrogens (primary N) is 1. The van der Waals surface area contributed by atoms with Gasteiger partial charge in [-0.2, -0.15) is 0 Å². The van der Waals surface area contributed by atoms with Crippen LogP contribution >= 0.6 is 39.7 Å². The predicted octanol–water partition coefficient (Wildman–Crippen LogP) is 2.81. The molecule has 2 rings (SSSR count). The summed E-state index contributed by atoms with van der Waals surface area (Å²) in [6, 6.07) is 5.57. The quantitative estimate of drug-likeness (QED) is 0.759. The molecule has 0 saturated carbocycles. The number of carbonyl (C=O) groups is 2. The minimum absolute atomic E-state index is 0. The van der Waals surface area contributed by atoms with Crippen molar-refractivity contribution < 1.29 is 9.59 Å². The summed E-state index contributed by atoms with van der Waals surface area (Å²) in [6.45, 7) is 2.15. The molecular formula is C15H18BrClN4O2S. The summed E-state index contributed by atoms with van der Waals surface area (Å²) in [4.78, 5) is 29.8. The van der Waals surface area contributed by atoms with E-state index in [1.54, 1.807) is 12.4 Å². The van der Waals surface area contributed by atoms with Gasteiger partial charge in [0.15, 0.2) is 0 Å². The Morgan fingerprint density at radius 3 is 2.71 bits per heavy atom. The van der Waals surface area contributed by atoms with Gasteiger partial charge in [-0.25, -0.2) is 4.98 Å². The highest BCUT2D eigenvalue weighted by Crippen LogP contribution is 2.20. The van der Waals surface area contributed by atoms with Gasteiger partial charge >= 0.3 is 0 Å². The summed E-state index contributed by atoms with van der Waals surface area (Å²) in [5.74, 6) is -0.566. The van der Waals surface area contributed by atoms with E-state index in [2.05, 4.69) is 26.2 Å².